The third kappa shape index (κ3) is 4.04. The number of ketones is 1. The van der Waals surface area contributed by atoms with Gasteiger partial charge in [0.1, 0.15) is 11.3 Å². The van der Waals surface area contributed by atoms with Gasteiger partial charge in [-0.05, 0) is 36.8 Å². The number of carbonyl (C=O) groups excluding carboxylic acids is 2. The number of aliphatic hydroxyl groups is 1. The molecule has 0 unspecified atom stereocenters. The second-order valence-corrected chi connectivity index (χ2v) is 9.39. The zero-order chi connectivity index (χ0) is 23.8. The van der Waals surface area contributed by atoms with E-state index in [9.17, 15) is 14.7 Å². The van der Waals surface area contributed by atoms with Gasteiger partial charge in [-0.15, -0.1) is 0 Å². The number of morpholine rings is 1. The molecule has 2 fully saturated rings. The number of likely N-dealkylation sites (tertiary alicyclic amines) is 1. The molecule has 0 bridgehead atoms. The lowest BCUT2D eigenvalue weighted by molar-refractivity contribution is -0.140. The van der Waals surface area contributed by atoms with Crippen molar-refractivity contribution in [3.8, 4) is 0 Å². The van der Waals surface area contributed by atoms with Crippen LogP contribution in [0, 0.1) is 6.92 Å². The van der Waals surface area contributed by atoms with Crippen LogP contribution < -0.4 is 0 Å². The van der Waals surface area contributed by atoms with Crippen molar-refractivity contribution in [3.05, 3.63) is 75.7 Å². The molecule has 0 spiro atoms. The highest BCUT2D eigenvalue weighted by Crippen LogP contribution is 2.40. The van der Waals surface area contributed by atoms with Gasteiger partial charge >= 0.3 is 0 Å². The predicted octanol–water partition coefficient (Wildman–Crippen LogP) is 3.16. The number of rotatable bonds is 5. The van der Waals surface area contributed by atoms with Gasteiger partial charge in [-0.1, -0.05) is 34.1 Å². The first-order valence-electron chi connectivity index (χ1n) is 11.2. The topological polar surface area (TPSA) is 87.4 Å². The highest BCUT2D eigenvalue weighted by molar-refractivity contribution is 9.10. The van der Waals surface area contributed by atoms with Crippen LogP contribution >= 0.6 is 15.9 Å². The summed E-state index contributed by atoms with van der Waals surface area (Å²) in [5.74, 6) is -1.50. The number of pyridine rings is 1. The zero-order valence-corrected chi connectivity index (χ0v) is 20.4. The Hall–Kier alpha value is -3.01. The van der Waals surface area contributed by atoms with E-state index in [1.165, 1.54) is 0 Å². The zero-order valence-electron chi connectivity index (χ0n) is 18.8. The molecular weight excluding hydrogens is 500 g/mol. The Morgan fingerprint density at radius 2 is 1.85 bits per heavy atom. The van der Waals surface area contributed by atoms with E-state index >= 15 is 0 Å². The number of aryl methyl sites for hydroxylation is 1. The molecule has 2 aliphatic rings. The number of aliphatic hydroxyl groups excluding tert-OH is 1. The van der Waals surface area contributed by atoms with Crippen LogP contribution in [0.5, 0.6) is 0 Å². The number of halogens is 1. The number of nitrogens with zero attached hydrogens (tertiary/aromatic N) is 4. The molecule has 2 aromatic heterocycles. The number of carbonyl (C=O) groups is 2. The normalized spacial score (nSPS) is 21.0. The van der Waals surface area contributed by atoms with E-state index in [0.717, 1.165) is 23.1 Å². The summed E-state index contributed by atoms with van der Waals surface area (Å²) in [6.45, 7) is 5.66. The number of ether oxygens (including phenoxy) is 1. The summed E-state index contributed by atoms with van der Waals surface area (Å²) < 4.78 is 8.05. The Labute approximate surface area is 205 Å². The van der Waals surface area contributed by atoms with E-state index in [2.05, 4.69) is 25.8 Å². The molecule has 0 aliphatic carbocycles. The van der Waals surface area contributed by atoms with E-state index < -0.39 is 17.7 Å². The fourth-order valence-electron chi connectivity index (χ4n) is 4.70. The molecule has 5 rings (SSSR count). The monoisotopic (exact) mass is 524 g/mol. The fourth-order valence-corrected chi connectivity index (χ4v) is 4.97. The first kappa shape index (κ1) is 22.8. The minimum absolute atomic E-state index is 0.0862. The molecule has 0 saturated carbocycles. The molecule has 1 atom stereocenters. The summed E-state index contributed by atoms with van der Waals surface area (Å²) in [6.07, 6.45) is 1.79. The molecule has 9 heteroatoms. The summed E-state index contributed by atoms with van der Waals surface area (Å²) in [4.78, 5) is 34.8. The Balaban J connectivity index is 1.60. The smallest absolute Gasteiger partial charge is 0.295 e. The van der Waals surface area contributed by atoms with E-state index in [0.29, 0.717) is 43.3 Å². The Morgan fingerprint density at radius 3 is 2.59 bits per heavy atom. The maximum Gasteiger partial charge on any atom is 0.295 e. The lowest BCUT2D eigenvalue weighted by Crippen LogP contribution is -2.42. The minimum atomic E-state index is -0.692. The first-order valence-corrected chi connectivity index (χ1v) is 12.0. The number of hydrogen-bond donors (Lipinski definition) is 1. The second-order valence-electron chi connectivity index (χ2n) is 8.47. The SMILES string of the molecule is Cc1nc2ccccn2c1C(O)=C1C(=O)C(=O)N(CCN2CCOCC2)[C@H]1c1ccc(Br)cc1. The molecule has 2 saturated heterocycles. The quantitative estimate of drug-likeness (QED) is 0.313. The van der Waals surface area contributed by atoms with Crippen molar-refractivity contribution >= 4 is 39.0 Å². The molecule has 4 heterocycles. The van der Waals surface area contributed by atoms with Crippen molar-refractivity contribution in [2.45, 2.75) is 13.0 Å². The summed E-state index contributed by atoms with van der Waals surface area (Å²) >= 11 is 3.45. The Kier molecular flexibility index (Phi) is 6.24. The van der Waals surface area contributed by atoms with Crippen LogP contribution in [0.25, 0.3) is 11.4 Å². The molecule has 8 nitrogen and oxygen atoms in total. The molecular formula is C25H25BrN4O4. The van der Waals surface area contributed by atoms with Gasteiger partial charge in [0.25, 0.3) is 11.7 Å². The number of hydrogen-bond acceptors (Lipinski definition) is 6. The molecule has 176 valence electrons. The maximum atomic E-state index is 13.3. The third-order valence-electron chi connectivity index (χ3n) is 6.42. The summed E-state index contributed by atoms with van der Waals surface area (Å²) in [6, 6.07) is 12.3. The molecule has 3 aromatic rings. The number of fused-ring (bicyclic) bond motifs is 1. The molecule has 1 amide bonds. The largest absolute Gasteiger partial charge is 0.505 e. The number of aromatic nitrogens is 2. The van der Waals surface area contributed by atoms with Gasteiger partial charge < -0.3 is 14.7 Å². The Morgan fingerprint density at radius 1 is 1.12 bits per heavy atom. The van der Waals surface area contributed by atoms with Crippen molar-refractivity contribution in [3.63, 3.8) is 0 Å². The van der Waals surface area contributed by atoms with Crippen LogP contribution in [0.15, 0.2) is 58.7 Å². The average molecular weight is 525 g/mol. The molecule has 0 radical (unpaired) electrons. The van der Waals surface area contributed by atoms with Crippen LogP contribution in [-0.2, 0) is 14.3 Å². The van der Waals surface area contributed by atoms with Crippen molar-refractivity contribution in [2.75, 3.05) is 39.4 Å². The van der Waals surface area contributed by atoms with Crippen molar-refractivity contribution in [1.82, 2.24) is 19.2 Å². The molecule has 34 heavy (non-hydrogen) atoms. The number of amides is 1. The summed E-state index contributed by atoms with van der Waals surface area (Å²) in [7, 11) is 0. The lowest BCUT2D eigenvalue weighted by Gasteiger charge is -2.31. The van der Waals surface area contributed by atoms with E-state index in [1.807, 2.05) is 42.5 Å². The lowest BCUT2D eigenvalue weighted by atomic mass is 9.96. The number of benzene rings is 1. The molecule has 1 aromatic carbocycles. The second kappa shape index (κ2) is 9.32. The molecule has 2 aliphatic heterocycles. The highest BCUT2D eigenvalue weighted by Gasteiger charge is 2.46. The summed E-state index contributed by atoms with van der Waals surface area (Å²) in [5, 5.41) is 11.5. The number of Topliss-reactive ketones (excluding diaryl/α,β-unsaturated/α-hetero) is 1. The standard InChI is InChI=1S/C25H25BrN4O4/c1-16-21(29-9-3-2-4-19(29)27-16)23(31)20-22(17-5-7-18(26)8-6-17)30(25(33)24(20)32)11-10-28-12-14-34-15-13-28/h2-9,22,31H,10-15H2,1H3/t22-/m0/s1. The van der Waals surface area contributed by atoms with E-state index in [1.54, 1.807) is 22.4 Å². The minimum Gasteiger partial charge on any atom is -0.505 e. The van der Waals surface area contributed by atoms with Gasteiger partial charge in [0.2, 0.25) is 0 Å². The van der Waals surface area contributed by atoms with Gasteiger partial charge in [-0.3, -0.25) is 18.9 Å². The maximum absolute atomic E-state index is 13.3. The predicted molar refractivity (Wildman–Crippen MR) is 130 cm³/mol. The van der Waals surface area contributed by atoms with Crippen molar-refractivity contribution in [1.29, 1.82) is 0 Å². The molecule has 1 N–H and O–H groups in total. The van der Waals surface area contributed by atoms with Crippen LogP contribution in [0.2, 0.25) is 0 Å². The van der Waals surface area contributed by atoms with Crippen LogP contribution in [0.1, 0.15) is 23.0 Å². The van der Waals surface area contributed by atoms with Gasteiger partial charge in [-0.2, -0.15) is 0 Å². The van der Waals surface area contributed by atoms with Crippen LogP contribution in [0.3, 0.4) is 0 Å². The van der Waals surface area contributed by atoms with Crippen LogP contribution in [-0.4, -0.2) is 75.4 Å². The van der Waals surface area contributed by atoms with Gasteiger partial charge in [-0.25, -0.2) is 4.98 Å². The van der Waals surface area contributed by atoms with E-state index in [4.69, 9.17) is 4.74 Å². The van der Waals surface area contributed by atoms with Crippen molar-refractivity contribution < 1.29 is 19.4 Å². The highest BCUT2D eigenvalue weighted by atomic mass is 79.9. The van der Waals surface area contributed by atoms with Gasteiger partial charge in [0.15, 0.2) is 5.76 Å². The van der Waals surface area contributed by atoms with Gasteiger partial charge in [0.05, 0.1) is 30.5 Å². The number of imidazole rings is 1. The van der Waals surface area contributed by atoms with E-state index in [-0.39, 0.29) is 11.3 Å². The third-order valence-corrected chi connectivity index (χ3v) is 6.94. The Bertz CT molecular complexity index is 1280. The van der Waals surface area contributed by atoms with Crippen molar-refractivity contribution in [2.24, 2.45) is 0 Å². The summed E-state index contributed by atoms with van der Waals surface area (Å²) in [5.41, 5.74) is 2.51. The first-order chi connectivity index (χ1) is 16.5. The van der Waals surface area contributed by atoms with Crippen LogP contribution in [0.4, 0.5) is 0 Å². The average Bonchev–Trinajstić information content (AvgIpc) is 3.31. The fraction of sp³-hybridized carbons (Fsp3) is 0.320. The van der Waals surface area contributed by atoms with Gasteiger partial charge in [0, 0.05) is 36.8 Å².